The minimum atomic E-state index is -0.215. The third kappa shape index (κ3) is 2.67. The molecule has 2 aromatic rings. The van der Waals surface area contributed by atoms with Crippen LogP contribution in [0.25, 0.3) is 0 Å². The molecule has 2 aromatic carbocycles. The standard InChI is InChI=1S/C14H13FO/c15-14-6-4-11(5-7-14)8-12-2-1-3-13(9-12)10-16/h1-7,9,16H,8,10H2. The molecule has 2 rings (SSSR count). The molecule has 2 heteroatoms. The van der Waals surface area contributed by atoms with E-state index >= 15 is 0 Å². The average molecular weight is 216 g/mol. The Hall–Kier alpha value is -1.67. The topological polar surface area (TPSA) is 20.2 Å². The second kappa shape index (κ2) is 4.90. The van der Waals surface area contributed by atoms with Crippen LogP contribution < -0.4 is 0 Å². The van der Waals surface area contributed by atoms with Crippen LogP contribution in [-0.2, 0) is 13.0 Å². The lowest BCUT2D eigenvalue weighted by atomic mass is 10.0. The van der Waals surface area contributed by atoms with Gasteiger partial charge in [-0.25, -0.2) is 4.39 Å². The van der Waals surface area contributed by atoms with E-state index in [2.05, 4.69) is 0 Å². The molecule has 1 nitrogen and oxygen atoms in total. The lowest BCUT2D eigenvalue weighted by Crippen LogP contribution is -1.90. The molecule has 0 aliphatic rings. The van der Waals surface area contributed by atoms with Crippen LogP contribution in [0, 0.1) is 5.82 Å². The van der Waals surface area contributed by atoms with Crippen molar-refractivity contribution in [2.45, 2.75) is 13.0 Å². The summed E-state index contributed by atoms with van der Waals surface area (Å²) >= 11 is 0. The number of hydrogen-bond donors (Lipinski definition) is 1. The van der Waals surface area contributed by atoms with Gasteiger partial charge in [-0.05, 0) is 35.2 Å². The number of aliphatic hydroxyl groups is 1. The third-order valence-corrected chi connectivity index (χ3v) is 2.50. The summed E-state index contributed by atoms with van der Waals surface area (Å²) in [6, 6.07) is 14.3. The molecule has 0 aliphatic heterocycles. The Morgan fingerprint density at radius 2 is 1.56 bits per heavy atom. The molecule has 0 amide bonds. The number of rotatable bonds is 3. The summed E-state index contributed by atoms with van der Waals surface area (Å²) in [6.07, 6.45) is 0.758. The zero-order valence-electron chi connectivity index (χ0n) is 8.86. The van der Waals surface area contributed by atoms with E-state index in [1.54, 1.807) is 12.1 Å². The second-order valence-electron chi connectivity index (χ2n) is 3.78. The van der Waals surface area contributed by atoms with Crippen LogP contribution in [0.3, 0.4) is 0 Å². The summed E-state index contributed by atoms with van der Waals surface area (Å²) in [6.45, 7) is 0.0528. The van der Waals surface area contributed by atoms with Crippen LogP contribution in [0.15, 0.2) is 48.5 Å². The molecule has 0 heterocycles. The van der Waals surface area contributed by atoms with Crippen molar-refractivity contribution in [3.8, 4) is 0 Å². The molecule has 1 N–H and O–H groups in total. The third-order valence-electron chi connectivity index (χ3n) is 2.50. The first-order chi connectivity index (χ1) is 7.78. The molecule has 0 fully saturated rings. The van der Waals surface area contributed by atoms with Crippen molar-refractivity contribution in [2.75, 3.05) is 0 Å². The van der Waals surface area contributed by atoms with Gasteiger partial charge in [0.1, 0.15) is 5.82 Å². The number of aliphatic hydroxyl groups excluding tert-OH is 1. The smallest absolute Gasteiger partial charge is 0.123 e. The highest BCUT2D eigenvalue weighted by molar-refractivity contribution is 5.29. The lowest BCUT2D eigenvalue weighted by molar-refractivity contribution is 0.281. The molecule has 0 aromatic heterocycles. The van der Waals surface area contributed by atoms with Crippen LogP contribution >= 0.6 is 0 Å². The van der Waals surface area contributed by atoms with E-state index in [0.717, 1.165) is 23.1 Å². The average Bonchev–Trinajstić information content (AvgIpc) is 2.32. The van der Waals surface area contributed by atoms with Crippen molar-refractivity contribution in [3.63, 3.8) is 0 Å². The zero-order chi connectivity index (χ0) is 11.4. The summed E-state index contributed by atoms with van der Waals surface area (Å²) in [5.41, 5.74) is 3.09. The maximum absolute atomic E-state index is 12.7. The van der Waals surface area contributed by atoms with Gasteiger partial charge in [-0.3, -0.25) is 0 Å². The van der Waals surface area contributed by atoms with Crippen LogP contribution in [0.5, 0.6) is 0 Å². The molecule has 0 spiro atoms. The summed E-state index contributed by atoms with van der Waals surface area (Å²) in [7, 11) is 0. The SMILES string of the molecule is OCc1cccc(Cc2ccc(F)cc2)c1. The van der Waals surface area contributed by atoms with Gasteiger partial charge in [0, 0.05) is 0 Å². The van der Waals surface area contributed by atoms with E-state index in [4.69, 9.17) is 5.11 Å². The summed E-state index contributed by atoms with van der Waals surface area (Å²) in [5, 5.41) is 9.01. The minimum absolute atomic E-state index is 0.0528. The van der Waals surface area contributed by atoms with E-state index in [-0.39, 0.29) is 12.4 Å². The van der Waals surface area contributed by atoms with Gasteiger partial charge >= 0.3 is 0 Å². The van der Waals surface area contributed by atoms with Gasteiger partial charge in [0.25, 0.3) is 0 Å². The van der Waals surface area contributed by atoms with Crippen molar-refractivity contribution >= 4 is 0 Å². The largest absolute Gasteiger partial charge is 0.392 e. The number of hydrogen-bond acceptors (Lipinski definition) is 1. The maximum Gasteiger partial charge on any atom is 0.123 e. The number of halogens is 1. The molecule has 0 saturated carbocycles. The Labute approximate surface area is 94.2 Å². The predicted molar refractivity (Wildman–Crippen MR) is 61.6 cm³/mol. The monoisotopic (exact) mass is 216 g/mol. The highest BCUT2D eigenvalue weighted by atomic mass is 19.1. The Morgan fingerprint density at radius 1 is 0.875 bits per heavy atom. The van der Waals surface area contributed by atoms with Crippen LogP contribution in [0.1, 0.15) is 16.7 Å². The molecular weight excluding hydrogens is 203 g/mol. The fraction of sp³-hybridized carbons (Fsp3) is 0.143. The van der Waals surface area contributed by atoms with Crippen molar-refractivity contribution in [1.82, 2.24) is 0 Å². The lowest BCUT2D eigenvalue weighted by Gasteiger charge is -2.03. The van der Waals surface area contributed by atoms with Gasteiger partial charge in [0.2, 0.25) is 0 Å². The molecular formula is C14H13FO. The van der Waals surface area contributed by atoms with Gasteiger partial charge in [-0.2, -0.15) is 0 Å². The highest BCUT2D eigenvalue weighted by Crippen LogP contribution is 2.12. The summed E-state index contributed by atoms with van der Waals surface area (Å²) in [4.78, 5) is 0. The van der Waals surface area contributed by atoms with E-state index in [9.17, 15) is 4.39 Å². The van der Waals surface area contributed by atoms with Gasteiger partial charge in [-0.1, -0.05) is 36.4 Å². The van der Waals surface area contributed by atoms with Crippen molar-refractivity contribution in [2.24, 2.45) is 0 Å². The van der Waals surface area contributed by atoms with Gasteiger partial charge in [0.05, 0.1) is 6.61 Å². The molecule has 16 heavy (non-hydrogen) atoms. The van der Waals surface area contributed by atoms with E-state index in [1.807, 2.05) is 24.3 Å². The number of benzene rings is 2. The molecule has 0 atom stereocenters. The summed E-state index contributed by atoms with van der Waals surface area (Å²) in [5.74, 6) is -0.215. The first-order valence-corrected chi connectivity index (χ1v) is 5.21. The Balaban J connectivity index is 2.16. The van der Waals surface area contributed by atoms with Crippen LogP contribution in [-0.4, -0.2) is 5.11 Å². The fourth-order valence-corrected chi connectivity index (χ4v) is 1.68. The van der Waals surface area contributed by atoms with E-state index < -0.39 is 0 Å². The molecule has 0 unspecified atom stereocenters. The van der Waals surface area contributed by atoms with Gasteiger partial charge in [0.15, 0.2) is 0 Å². The first-order valence-electron chi connectivity index (χ1n) is 5.21. The zero-order valence-corrected chi connectivity index (χ0v) is 8.86. The molecule has 0 bridgehead atoms. The van der Waals surface area contributed by atoms with E-state index in [1.165, 1.54) is 12.1 Å². The Kier molecular flexibility index (Phi) is 3.32. The minimum Gasteiger partial charge on any atom is -0.392 e. The molecule has 0 aliphatic carbocycles. The van der Waals surface area contributed by atoms with Gasteiger partial charge < -0.3 is 5.11 Å². The summed E-state index contributed by atoms with van der Waals surface area (Å²) < 4.78 is 12.7. The van der Waals surface area contributed by atoms with Gasteiger partial charge in [-0.15, -0.1) is 0 Å². The quantitative estimate of drug-likeness (QED) is 0.836. The highest BCUT2D eigenvalue weighted by Gasteiger charge is 1.98. The van der Waals surface area contributed by atoms with Crippen LogP contribution in [0.4, 0.5) is 4.39 Å². The molecule has 82 valence electrons. The van der Waals surface area contributed by atoms with Crippen molar-refractivity contribution in [3.05, 3.63) is 71.0 Å². The normalized spacial score (nSPS) is 10.4. The predicted octanol–water partition coefficient (Wildman–Crippen LogP) is 2.91. The Bertz CT molecular complexity index is 462. The fourth-order valence-electron chi connectivity index (χ4n) is 1.68. The van der Waals surface area contributed by atoms with Crippen molar-refractivity contribution < 1.29 is 9.50 Å². The van der Waals surface area contributed by atoms with Crippen molar-refractivity contribution in [1.29, 1.82) is 0 Å². The first kappa shape index (κ1) is 10.8. The van der Waals surface area contributed by atoms with Crippen LogP contribution in [0.2, 0.25) is 0 Å². The Morgan fingerprint density at radius 3 is 2.25 bits per heavy atom. The molecule has 0 saturated heterocycles. The van der Waals surface area contributed by atoms with E-state index in [0.29, 0.717) is 0 Å². The second-order valence-corrected chi connectivity index (χ2v) is 3.78. The molecule has 0 radical (unpaired) electrons. The maximum atomic E-state index is 12.7.